The van der Waals surface area contributed by atoms with Gasteiger partial charge in [0.2, 0.25) is 0 Å². The molecule has 0 rings (SSSR count). The second-order valence-corrected chi connectivity index (χ2v) is 6.20. The summed E-state index contributed by atoms with van der Waals surface area (Å²) in [5.74, 6) is 0. The Labute approximate surface area is 46.9 Å². The third-order valence-corrected chi connectivity index (χ3v) is 0. The Morgan fingerprint density at radius 3 is 1.25 bits per heavy atom. The van der Waals surface area contributed by atoms with Crippen LogP contribution in [0, 0.1) is 0 Å². The van der Waals surface area contributed by atoms with Gasteiger partial charge in [-0.1, -0.05) is 0 Å². The van der Waals surface area contributed by atoms with Crippen molar-refractivity contribution in [2.45, 2.75) is 8.86 Å². The van der Waals surface area contributed by atoms with Crippen molar-refractivity contribution in [3.8, 4) is 0 Å². The van der Waals surface area contributed by atoms with Crippen LogP contribution >= 0.6 is 13.5 Å². The van der Waals surface area contributed by atoms with E-state index < -0.39 is 0 Å². The van der Waals surface area contributed by atoms with Gasteiger partial charge in [-0.05, 0) is 0 Å². The molecule has 0 fully saturated rings. The number of hydrogen-bond donors (Lipinski definition) is 0. The van der Waals surface area contributed by atoms with Crippen LogP contribution in [-0.4, -0.2) is 0 Å². The normalized spacial score (nSPS) is 2.50. The summed E-state index contributed by atoms with van der Waals surface area (Å²) in [5, 5.41) is 0. The van der Waals surface area contributed by atoms with Crippen LogP contribution in [0.25, 0.3) is 0 Å². The Hall–Kier alpha value is 1.29. The quantitative estimate of drug-likeness (QED) is 0.578. The standard InChI is InChI=1S/2CH3.Hg.H2S/h2*1H3;;1H2. The van der Waals surface area contributed by atoms with E-state index in [9.17, 15) is 0 Å². The molecule has 0 atom stereocenters. The Kier molecular flexibility index (Phi) is 19.9. The molecule has 0 aliphatic rings. The monoisotopic (exact) mass is 266 g/mol. The topological polar surface area (TPSA) is 0 Å². The summed E-state index contributed by atoms with van der Waals surface area (Å²) in [6.07, 6.45) is 0. The molecule has 0 saturated carbocycles. The second kappa shape index (κ2) is 8.86. The molecule has 2 heteroatoms. The third-order valence-electron chi connectivity index (χ3n) is 0. The summed E-state index contributed by atoms with van der Waals surface area (Å²) in [5.41, 5.74) is 0. The van der Waals surface area contributed by atoms with E-state index >= 15 is 0 Å². The van der Waals surface area contributed by atoms with Gasteiger partial charge in [0.15, 0.2) is 0 Å². The fourth-order valence-electron chi connectivity index (χ4n) is 0. The second-order valence-electron chi connectivity index (χ2n) is 0.707. The van der Waals surface area contributed by atoms with Crippen LogP contribution in [0.1, 0.15) is 0 Å². The fraction of sp³-hybridized carbons (Fsp3) is 1.00. The molecule has 0 radical (unpaired) electrons. The molecule has 0 aromatic carbocycles. The van der Waals surface area contributed by atoms with E-state index in [1.807, 2.05) is 0 Å². The number of rotatable bonds is 0. The van der Waals surface area contributed by atoms with Crippen LogP contribution in [0.4, 0.5) is 0 Å². The minimum absolute atomic E-state index is 0. The molecule has 0 aromatic heterocycles. The van der Waals surface area contributed by atoms with E-state index in [-0.39, 0.29) is 38.1 Å². The summed E-state index contributed by atoms with van der Waals surface area (Å²) in [6.45, 7) is 0. The molecule has 0 bridgehead atoms. The summed E-state index contributed by atoms with van der Waals surface area (Å²) in [4.78, 5) is 0. The predicted molar refractivity (Wildman–Crippen MR) is 22.1 cm³/mol. The molecule has 0 nitrogen and oxygen atoms in total. The van der Waals surface area contributed by atoms with Gasteiger partial charge in [-0.2, -0.15) is 13.5 Å². The van der Waals surface area contributed by atoms with Crippen molar-refractivity contribution in [1.82, 2.24) is 0 Å². The molecule has 0 spiro atoms. The van der Waals surface area contributed by atoms with Gasteiger partial charge in [0.1, 0.15) is 0 Å². The average Bonchev–Trinajstić information content (AvgIpc) is 0.918. The number of hydrogen-bond acceptors (Lipinski definition) is 0. The van der Waals surface area contributed by atoms with Gasteiger partial charge in [-0.25, -0.2) is 0 Å². The van der Waals surface area contributed by atoms with E-state index in [2.05, 4.69) is 8.86 Å². The summed E-state index contributed by atoms with van der Waals surface area (Å²) < 4.78 is 4.69. The van der Waals surface area contributed by atoms with Crippen molar-refractivity contribution in [3.63, 3.8) is 0 Å². The fourth-order valence-corrected chi connectivity index (χ4v) is 0. The molecule has 0 aliphatic heterocycles. The molecule has 0 aromatic rings. The Morgan fingerprint density at radius 1 is 1.25 bits per heavy atom. The molecule has 4 heavy (non-hydrogen) atoms. The van der Waals surface area contributed by atoms with Crippen LogP contribution in [0.2, 0.25) is 8.86 Å². The van der Waals surface area contributed by atoms with Gasteiger partial charge in [0.05, 0.1) is 0 Å². The van der Waals surface area contributed by atoms with E-state index in [1.54, 1.807) is 0 Å². The van der Waals surface area contributed by atoms with Crippen LogP contribution < -0.4 is 0 Å². The molecule has 0 aliphatic carbocycles. The molecule has 24 valence electrons. The van der Waals surface area contributed by atoms with Gasteiger partial charge in [-0.3, -0.25) is 0 Å². The third kappa shape index (κ3) is 10.4. The summed E-state index contributed by atoms with van der Waals surface area (Å²) in [7, 11) is 0. The van der Waals surface area contributed by atoms with Crippen molar-refractivity contribution < 1.29 is 24.6 Å². The first-order valence-corrected chi connectivity index (χ1v) is 12.4. The van der Waals surface area contributed by atoms with E-state index in [0.29, 0.717) is 0 Å². The minimum atomic E-state index is -0.0833. The molecule has 0 unspecified atom stereocenters. The molecule has 0 N–H and O–H groups in total. The van der Waals surface area contributed by atoms with Crippen LogP contribution in [0.3, 0.4) is 0 Å². The van der Waals surface area contributed by atoms with E-state index in [0.717, 1.165) is 0 Å². The maximum absolute atomic E-state index is 2.35. The van der Waals surface area contributed by atoms with Crippen LogP contribution in [0.5, 0.6) is 0 Å². The van der Waals surface area contributed by atoms with Crippen molar-refractivity contribution in [2.24, 2.45) is 0 Å². The van der Waals surface area contributed by atoms with Crippen molar-refractivity contribution in [1.29, 1.82) is 0 Å². The van der Waals surface area contributed by atoms with Crippen LogP contribution in [0.15, 0.2) is 0 Å². The van der Waals surface area contributed by atoms with E-state index in [1.165, 1.54) is 0 Å². The zero-order chi connectivity index (χ0) is 2.71. The van der Waals surface area contributed by atoms with Crippen molar-refractivity contribution in [2.75, 3.05) is 0 Å². The molecule has 0 heterocycles. The first-order chi connectivity index (χ1) is 1.41. The first kappa shape index (κ1) is 8.99. The van der Waals surface area contributed by atoms with Gasteiger partial charge in [0.25, 0.3) is 0 Å². The van der Waals surface area contributed by atoms with Gasteiger partial charge in [0, 0.05) is 0 Å². The zero-order valence-electron chi connectivity index (χ0n) is 3.21. The summed E-state index contributed by atoms with van der Waals surface area (Å²) in [6, 6.07) is 0. The maximum atomic E-state index is 2.35. The molecule has 0 amide bonds. The van der Waals surface area contributed by atoms with Crippen molar-refractivity contribution in [3.05, 3.63) is 0 Å². The Morgan fingerprint density at radius 2 is 1.25 bits per heavy atom. The predicted octanol–water partition coefficient (Wildman–Crippen LogP) is 1.28. The Balaban J connectivity index is 0. The Bertz CT molecular complexity index is 6.00. The van der Waals surface area contributed by atoms with E-state index in [4.69, 9.17) is 0 Å². The van der Waals surface area contributed by atoms with Gasteiger partial charge in [-0.15, -0.1) is 0 Å². The molecular weight excluding hydrogens is 257 g/mol. The molecular formula is C2H8HgS. The average molecular weight is 265 g/mol. The zero-order valence-corrected chi connectivity index (χ0v) is 9.70. The van der Waals surface area contributed by atoms with Gasteiger partial charge < -0.3 is 0 Å². The summed E-state index contributed by atoms with van der Waals surface area (Å²) >= 11 is -0.0833. The SMILES string of the molecule is S.[CH3][Hg][CH3]. The van der Waals surface area contributed by atoms with Gasteiger partial charge >= 0.3 is 33.4 Å². The van der Waals surface area contributed by atoms with Crippen LogP contribution in [-0.2, 0) is 24.6 Å². The first-order valence-electron chi connectivity index (χ1n) is 1.41. The van der Waals surface area contributed by atoms with Crippen molar-refractivity contribution >= 4 is 13.5 Å². The molecule has 0 saturated heterocycles.